The van der Waals surface area contributed by atoms with Crippen molar-refractivity contribution >= 4 is 40.8 Å². The van der Waals surface area contributed by atoms with E-state index >= 15 is 0 Å². The van der Waals surface area contributed by atoms with Gasteiger partial charge < -0.3 is 20.9 Å². The number of benzene rings is 3. The number of thioether (sulfide) groups is 1. The third-order valence-electron chi connectivity index (χ3n) is 7.06. The predicted octanol–water partition coefficient (Wildman–Crippen LogP) is 4.81. The van der Waals surface area contributed by atoms with Crippen LogP contribution in [0.3, 0.4) is 0 Å². The van der Waals surface area contributed by atoms with Gasteiger partial charge in [-0.05, 0) is 29.3 Å². The predicted molar refractivity (Wildman–Crippen MR) is 151 cm³/mol. The Labute approximate surface area is 237 Å². The number of halogens is 2. The normalized spacial score (nSPS) is 17.4. The Morgan fingerprint density at radius 1 is 1.05 bits per heavy atom. The number of hydrogen-bond acceptors (Lipinski definition) is 7. The Morgan fingerprint density at radius 2 is 1.75 bits per heavy atom. The van der Waals surface area contributed by atoms with Gasteiger partial charge in [-0.15, -0.1) is 0 Å². The van der Waals surface area contributed by atoms with Crippen LogP contribution in [0.2, 0.25) is 5.02 Å². The molecule has 2 aliphatic rings. The molecule has 11 heteroatoms. The molecule has 40 heavy (non-hydrogen) atoms. The molecule has 1 amide bonds. The van der Waals surface area contributed by atoms with Crippen molar-refractivity contribution < 1.29 is 9.18 Å². The lowest BCUT2D eigenvalue weighted by molar-refractivity contribution is -0.120. The summed E-state index contributed by atoms with van der Waals surface area (Å²) in [5, 5.41) is 13.8. The summed E-state index contributed by atoms with van der Waals surface area (Å²) >= 11 is 7.55. The number of H-pyrrole nitrogens is 1. The molecule has 4 N–H and O–H groups in total. The molecule has 8 nitrogen and oxygen atoms in total. The molecule has 0 aliphatic carbocycles. The standard InChI is InChI=1S/C29H20ClFN6O2S/c30-20-10-4-1-7-16(20)14-37-22-12-6-3-9-18(22)29(27(37)39)19(13-32)24(33)34-25-23(29)26(38)36-28(35-25)40-15-17-8-2-5-11-21(17)31/h1-12H,14-15,33H2,(H2,34,35,36,38)/t29-/m1/s1. The zero-order valence-electron chi connectivity index (χ0n) is 20.7. The monoisotopic (exact) mass is 570 g/mol. The first-order valence-electron chi connectivity index (χ1n) is 12.2. The van der Waals surface area contributed by atoms with Crippen molar-refractivity contribution in [1.29, 1.82) is 5.26 Å². The molecule has 3 heterocycles. The van der Waals surface area contributed by atoms with E-state index in [9.17, 15) is 19.2 Å². The fraction of sp³-hybridized carbons (Fsp3) is 0.103. The molecule has 0 unspecified atom stereocenters. The lowest BCUT2D eigenvalue weighted by Crippen LogP contribution is -2.49. The maximum absolute atomic E-state index is 14.5. The number of amides is 1. The van der Waals surface area contributed by atoms with Gasteiger partial charge in [0.15, 0.2) is 5.16 Å². The van der Waals surface area contributed by atoms with Crippen molar-refractivity contribution in [1.82, 2.24) is 9.97 Å². The first-order chi connectivity index (χ1) is 19.4. The highest BCUT2D eigenvalue weighted by atomic mass is 35.5. The Balaban J connectivity index is 1.50. The molecule has 6 rings (SSSR count). The summed E-state index contributed by atoms with van der Waals surface area (Å²) in [6, 6.07) is 22.5. The molecule has 0 fully saturated rings. The van der Waals surface area contributed by atoms with Crippen LogP contribution in [0.5, 0.6) is 0 Å². The fourth-order valence-electron chi connectivity index (χ4n) is 5.27. The largest absolute Gasteiger partial charge is 0.384 e. The van der Waals surface area contributed by atoms with E-state index in [4.69, 9.17) is 17.3 Å². The van der Waals surface area contributed by atoms with Crippen LogP contribution in [0.4, 0.5) is 15.9 Å². The highest BCUT2D eigenvalue weighted by Gasteiger charge is 2.60. The van der Waals surface area contributed by atoms with Gasteiger partial charge in [0, 0.05) is 22.0 Å². The van der Waals surface area contributed by atoms with E-state index in [-0.39, 0.29) is 46.0 Å². The molecule has 0 saturated heterocycles. The van der Waals surface area contributed by atoms with Crippen LogP contribution in [-0.4, -0.2) is 15.9 Å². The molecule has 198 valence electrons. The van der Waals surface area contributed by atoms with Gasteiger partial charge in [-0.3, -0.25) is 9.59 Å². The number of hydrogen-bond donors (Lipinski definition) is 3. The Morgan fingerprint density at radius 3 is 2.50 bits per heavy atom. The van der Waals surface area contributed by atoms with E-state index in [1.165, 1.54) is 11.0 Å². The number of carbonyl (C=O) groups excluding carboxylic acids is 1. The SMILES string of the molecule is N#CC1=C(N)Nc2nc(SCc3ccccc3F)[nH]c(=O)c2[C@]12C(=O)N(Cc1ccccc1Cl)c1ccccc12. The number of nitrogens with one attached hydrogen (secondary N) is 2. The summed E-state index contributed by atoms with van der Waals surface area (Å²) in [5.41, 5.74) is 5.86. The van der Waals surface area contributed by atoms with Gasteiger partial charge in [0.25, 0.3) is 5.56 Å². The summed E-state index contributed by atoms with van der Waals surface area (Å²) < 4.78 is 14.2. The zero-order valence-corrected chi connectivity index (χ0v) is 22.3. The molecular weight excluding hydrogens is 551 g/mol. The van der Waals surface area contributed by atoms with Crippen LogP contribution in [0.15, 0.2) is 94.1 Å². The second-order valence-electron chi connectivity index (χ2n) is 9.25. The number of anilines is 2. The van der Waals surface area contributed by atoms with Crippen LogP contribution >= 0.6 is 23.4 Å². The van der Waals surface area contributed by atoms with Crippen molar-refractivity contribution in [3.8, 4) is 6.07 Å². The zero-order chi connectivity index (χ0) is 28.0. The van der Waals surface area contributed by atoms with E-state index < -0.39 is 16.9 Å². The second-order valence-corrected chi connectivity index (χ2v) is 10.6. The van der Waals surface area contributed by atoms with E-state index in [1.807, 2.05) is 12.1 Å². The smallest absolute Gasteiger partial charge is 0.258 e. The van der Waals surface area contributed by atoms with Crippen molar-refractivity contribution in [2.45, 2.75) is 22.9 Å². The van der Waals surface area contributed by atoms with Crippen molar-refractivity contribution in [3.63, 3.8) is 0 Å². The summed E-state index contributed by atoms with van der Waals surface area (Å²) in [4.78, 5) is 37.1. The maximum Gasteiger partial charge on any atom is 0.258 e. The highest BCUT2D eigenvalue weighted by Crippen LogP contribution is 2.53. The van der Waals surface area contributed by atoms with Gasteiger partial charge in [-0.1, -0.05) is 78.0 Å². The third kappa shape index (κ3) is 3.86. The molecule has 2 aliphatic heterocycles. The van der Waals surface area contributed by atoms with Crippen LogP contribution in [-0.2, 0) is 22.5 Å². The maximum atomic E-state index is 14.5. The van der Waals surface area contributed by atoms with Gasteiger partial charge >= 0.3 is 0 Å². The average Bonchev–Trinajstić information content (AvgIpc) is 3.17. The van der Waals surface area contributed by atoms with Gasteiger partial charge in [-0.2, -0.15) is 5.26 Å². The fourth-order valence-corrected chi connectivity index (χ4v) is 6.31. The summed E-state index contributed by atoms with van der Waals surface area (Å²) in [6.07, 6.45) is 0. The topological polar surface area (TPSA) is 128 Å². The van der Waals surface area contributed by atoms with E-state index in [0.29, 0.717) is 27.4 Å². The van der Waals surface area contributed by atoms with E-state index in [0.717, 1.165) is 11.8 Å². The minimum Gasteiger partial charge on any atom is -0.384 e. The minimum atomic E-state index is -1.83. The van der Waals surface area contributed by atoms with Crippen molar-refractivity contribution in [2.75, 3.05) is 10.2 Å². The summed E-state index contributed by atoms with van der Waals surface area (Å²) in [5.74, 6) is -0.707. The number of aromatic nitrogens is 2. The van der Waals surface area contributed by atoms with Gasteiger partial charge in [-0.25, -0.2) is 9.37 Å². The lowest BCUT2D eigenvalue weighted by atomic mass is 9.69. The number of rotatable bonds is 5. The highest BCUT2D eigenvalue weighted by molar-refractivity contribution is 7.98. The van der Waals surface area contributed by atoms with Crippen LogP contribution < -0.4 is 21.5 Å². The number of nitriles is 1. The quantitative estimate of drug-likeness (QED) is 0.232. The second kappa shape index (κ2) is 9.86. The number of fused-ring (bicyclic) bond motifs is 4. The van der Waals surface area contributed by atoms with Gasteiger partial charge in [0.2, 0.25) is 5.91 Å². The Hall–Kier alpha value is -4.59. The van der Waals surface area contributed by atoms with Crippen molar-refractivity contribution in [2.24, 2.45) is 5.73 Å². The molecule has 1 atom stereocenters. The van der Waals surface area contributed by atoms with Crippen LogP contribution in [0.1, 0.15) is 22.3 Å². The van der Waals surface area contributed by atoms with E-state index in [2.05, 4.69) is 21.4 Å². The van der Waals surface area contributed by atoms with Gasteiger partial charge in [0.1, 0.15) is 28.9 Å². The molecular formula is C29H20ClFN6O2S. The van der Waals surface area contributed by atoms with Crippen LogP contribution in [0, 0.1) is 17.1 Å². The van der Waals surface area contributed by atoms with E-state index in [1.54, 1.807) is 54.6 Å². The van der Waals surface area contributed by atoms with Crippen molar-refractivity contribution in [3.05, 3.63) is 128 Å². The number of aromatic amines is 1. The van der Waals surface area contributed by atoms with Gasteiger partial charge in [0.05, 0.1) is 17.7 Å². The first kappa shape index (κ1) is 25.7. The molecule has 1 spiro atoms. The Kier molecular flexibility index (Phi) is 6.33. The molecule has 3 aromatic carbocycles. The lowest BCUT2D eigenvalue weighted by Gasteiger charge is -2.34. The third-order valence-corrected chi connectivity index (χ3v) is 8.35. The molecule has 4 aromatic rings. The molecule has 1 aromatic heterocycles. The number of nitrogens with two attached hydrogens (primary N) is 1. The first-order valence-corrected chi connectivity index (χ1v) is 13.6. The number of para-hydroxylation sites is 1. The average molecular weight is 571 g/mol. The van der Waals surface area contributed by atoms with Crippen LogP contribution in [0.25, 0.3) is 0 Å². The molecule has 0 radical (unpaired) electrons. The number of nitrogens with zero attached hydrogens (tertiary/aromatic N) is 3. The summed E-state index contributed by atoms with van der Waals surface area (Å²) in [6.45, 7) is 0.112. The molecule has 0 bridgehead atoms. The number of carbonyl (C=O) groups is 1. The summed E-state index contributed by atoms with van der Waals surface area (Å²) in [7, 11) is 0. The molecule has 0 saturated carbocycles. The Bertz CT molecular complexity index is 1830. The minimum absolute atomic E-state index is 0.0346.